The number of hydrogen-bond acceptors (Lipinski definition) is 3. The average molecular weight is 278 g/mol. The number of carbonyl (C=O) groups is 1. The lowest BCUT2D eigenvalue weighted by molar-refractivity contribution is -0.117. The summed E-state index contributed by atoms with van der Waals surface area (Å²) < 4.78 is 5.52. The van der Waals surface area contributed by atoms with Gasteiger partial charge in [0.15, 0.2) is 0 Å². The first-order chi connectivity index (χ1) is 9.65. The molecule has 1 unspecified atom stereocenters. The number of rotatable bonds is 9. The van der Waals surface area contributed by atoms with Crippen molar-refractivity contribution >= 4 is 11.6 Å². The van der Waals surface area contributed by atoms with Crippen molar-refractivity contribution in [2.24, 2.45) is 11.7 Å². The second kappa shape index (κ2) is 9.50. The molecule has 0 aliphatic rings. The number of benzene rings is 1. The van der Waals surface area contributed by atoms with Gasteiger partial charge < -0.3 is 15.8 Å². The van der Waals surface area contributed by atoms with Gasteiger partial charge in [-0.2, -0.15) is 0 Å². The third-order valence-corrected chi connectivity index (χ3v) is 3.13. The van der Waals surface area contributed by atoms with E-state index in [1.54, 1.807) is 0 Å². The van der Waals surface area contributed by atoms with Gasteiger partial charge in [-0.05, 0) is 30.0 Å². The zero-order valence-corrected chi connectivity index (χ0v) is 12.5. The van der Waals surface area contributed by atoms with E-state index in [2.05, 4.69) is 19.2 Å². The third-order valence-electron chi connectivity index (χ3n) is 3.13. The van der Waals surface area contributed by atoms with E-state index in [0.717, 1.165) is 17.9 Å². The molecule has 0 saturated heterocycles. The maximum Gasteiger partial charge on any atom is 0.226 e. The van der Waals surface area contributed by atoms with Crippen LogP contribution in [0.5, 0.6) is 0 Å². The van der Waals surface area contributed by atoms with Crippen LogP contribution in [0.4, 0.5) is 5.69 Å². The van der Waals surface area contributed by atoms with Crippen LogP contribution >= 0.6 is 0 Å². The maximum absolute atomic E-state index is 11.7. The minimum atomic E-state index is -0.0198. The van der Waals surface area contributed by atoms with Gasteiger partial charge in [0.1, 0.15) is 0 Å². The second-order valence-corrected chi connectivity index (χ2v) is 5.17. The molecule has 112 valence electrons. The monoisotopic (exact) mass is 278 g/mol. The zero-order valence-electron chi connectivity index (χ0n) is 12.5. The Hall–Kier alpha value is -1.39. The Morgan fingerprint density at radius 2 is 2.05 bits per heavy atom. The normalized spacial score (nSPS) is 12.2. The van der Waals surface area contributed by atoms with Gasteiger partial charge in [0, 0.05) is 18.8 Å². The van der Waals surface area contributed by atoms with Crippen LogP contribution in [0.1, 0.15) is 38.7 Å². The molecule has 0 fully saturated rings. The summed E-state index contributed by atoms with van der Waals surface area (Å²) in [6, 6.07) is 7.56. The molecule has 1 aromatic carbocycles. The first-order valence-corrected chi connectivity index (χ1v) is 7.32. The van der Waals surface area contributed by atoms with Crippen molar-refractivity contribution in [3.63, 3.8) is 0 Å². The zero-order chi connectivity index (χ0) is 14.8. The number of nitrogens with one attached hydrogen (secondary N) is 1. The highest BCUT2D eigenvalue weighted by molar-refractivity contribution is 5.90. The smallest absolute Gasteiger partial charge is 0.226 e. The predicted molar refractivity (Wildman–Crippen MR) is 82.5 cm³/mol. The van der Waals surface area contributed by atoms with E-state index >= 15 is 0 Å². The fraction of sp³-hybridized carbons (Fsp3) is 0.562. The van der Waals surface area contributed by atoms with Crippen LogP contribution in [0.3, 0.4) is 0 Å². The molecule has 0 bridgehead atoms. The number of amides is 1. The van der Waals surface area contributed by atoms with Gasteiger partial charge in [-0.25, -0.2) is 0 Å². The van der Waals surface area contributed by atoms with Crippen LogP contribution in [-0.4, -0.2) is 19.1 Å². The third kappa shape index (κ3) is 6.68. The van der Waals surface area contributed by atoms with E-state index in [4.69, 9.17) is 10.5 Å². The van der Waals surface area contributed by atoms with Crippen LogP contribution in [-0.2, 0) is 16.1 Å². The Balaban J connectivity index is 2.19. The Morgan fingerprint density at radius 3 is 2.65 bits per heavy atom. The van der Waals surface area contributed by atoms with Crippen LogP contribution in [0.15, 0.2) is 24.3 Å². The Morgan fingerprint density at radius 1 is 1.35 bits per heavy atom. The van der Waals surface area contributed by atoms with Gasteiger partial charge in [-0.1, -0.05) is 32.4 Å². The molecule has 1 aromatic rings. The number of carbonyl (C=O) groups excluding carboxylic acids is 1. The van der Waals surface area contributed by atoms with Crippen LogP contribution in [0.2, 0.25) is 0 Å². The predicted octanol–water partition coefficient (Wildman–Crippen LogP) is 2.93. The Kier molecular flexibility index (Phi) is 7.92. The molecule has 0 aliphatic heterocycles. The van der Waals surface area contributed by atoms with Gasteiger partial charge in [0.25, 0.3) is 0 Å². The number of anilines is 1. The van der Waals surface area contributed by atoms with E-state index in [9.17, 15) is 4.79 Å². The topological polar surface area (TPSA) is 64.3 Å². The maximum atomic E-state index is 11.7. The lowest BCUT2D eigenvalue weighted by Crippen LogP contribution is -2.15. The molecule has 20 heavy (non-hydrogen) atoms. The van der Waals surface area contributed by atoms with E-state index < -0.39 is 0 Å². The summed E-state index contributed by atoms with van der Waals surface area (Å²) in [6.07, 6.45) is 2.72. The molecule has 0 spiro atoms. The van der Waals surface area contributed by atoms with Gasteiger partial charge >= 0.3 is 0 Å². The van der Waals surface area contributed by atoms with Crippen molar-refractivity contribution in [3.8, 4) is 0 Å². The molecular formula is C16H26N2O2. The number of hydrogen-bond donors (Lipinski definition) is 2. The van der Waals surface area contributed by atoms with Crippen molar-refractivity contribution in [2.75, 3.05) is 18.5 Å². The minimum Gasteiger partial charge on any atom is -0.381 e. The van der Waals surface area contributed by atoms with Crippen LogP contribution in [0.25, 0.3) is 0 Å². The van der Waals surface area contributed by atoms with E-state index in [-0.39, 0.29) is 5.91 Å². The highest BCUT2D eigenvalue weighted by Crippen LogP contribution is 2.09. The minimum absolute atomic E-state index is 0.0198. The second-order valence-electron chi connectivity index (χ2n) is 5.17. The van der Waals surface area contributed by atoms with Crippen molar-refractivity contribution in [1.82, 2.24) is 0 Å². The molecule has 4 nitrogen and oxygen atoms in total. The Bertz CT molecular complexity index is 390. The molecule has 3 N–H and O–H groups in total. The fourth-order valence-electron chi connectivity index (χ4n) is 1.97. The first-order valence-electron chi connectivity index (χ1n) is 7.32. The van der Waals surface area contributed by atoms with Gasteiger partial charge in [-0.3, -0.25) is 4.79 Å². The van der Waals surface area contributed by atoms with Crippen molar-refractivity contribution < 1.29 is 9.53 Å². The molecule has 1 rings (SSSR count). The molecule has 1 amide bonds. The van der Waals surface area contributed by atoms with E-state index in [1.165, 1.54) is 12.8 Å². The molecule has 0 radical (unpaired) electrons. The number of nitrogens with two attached hydrogens (primary N) is 1. The summed E-state index contributed by atoms with van der Waals surface area (Å²) in [7, 11) is 0. The quantitative estimate of drug-likeness (QED) is 0.683. The highest BCUT2D eigenvalue weighted by Gasteiger charge is 2.04. The van der Waals surface area contributed by atoms with Crippen LogP contribution in [0, 0.1) is 5.92 Å². The molecule has 0 aromatic heterocycles. The summed E-state index contributed by atoms with van der Waals surface area (Å²) in [6.45, 7) is 6.05. The van der Waals surface area contributed by atoms with E-state index in [0.29, 0.717) is 25.5 Å². The molecule has 4 heteroatoms. The first kappa shape index (κ1) is 16.7. The lowest BCUT2D eigenvalue weighted by Gasteiger charge is -2.11. The molecule has 1 atom stereocenters. The SMILES string of the molecule is CCCC(C)COCCC(=O)Nc1ccc(CN)cc1. The van der Waals surface area contributed by atoms with Gasteiger partial charge in [0.2, 0.25) is 5.91 Å². The van der Waals surface area contributed by atoms with Crippen molar-refractivity contribution in [1.29, 1.82) is 0 Å². The average Bonchev–Trinajstić information content (AvgIpc) is 2.45. The largest absolute Gasteiger partial charge is 0.381 e. The van der Waals surface area contributed by atoms with Crippen molar-refractivity contribution in [3.05, 3.63) is 29.8 Å². The Labute approximate surface area is 121 Å². The number of ether oxygens (including phenoxy) is 1. The van der Waals surface area contributed by atoms with Gasteiger partial charge in [0.05, 0.1) is 13.0 Å². The van der Waals surface area contributed by atoms with Crippen LogP contribution < -0.4 is 11.1 Å². The molecule has 0 saturated carbocycles. The molecule has 0 aliphatic carbocycles. The fourth-order valence-corrected chi connectivity index (χ4v) is 1.97. The summed E-state index contributed by atoms with van der Waals surface area (Å²) in [5.41, 5.74) is 7.37. The summed E-state index contributed by atoms with van der Waals surface area (Å²) >= 11 is 0. The summed E-state index contributed by atoms with van der Waals surface area (Å²) in [4.78, 5) is 11.7. The van der Waals surface area contributed by atoms with E-state index in [1.807, 2.05) is 24.3 Å². The molecular weight excluding hydrogens is 252 g/mol. The molecule has 0 heterocycles. The summed E-state index contributed by atoms with van der Waals surface area (Å²) in [5, 5.41) is 2.85. The lowest BCUT2D eigenvalue weighted by atomic mass is 10.1. The summed E-state index contributed by atoms with van der Waals surface area (Å²) in [5.74, 6) is 0.542. The van der Waals surface area contributed by atoms with Gasteiger partial charge in [-0.15, -0.1) is 0 Å². The van der Waals surface area contributed by atoms with Crippen molar-refractivity contribution in [2.45, 2.75) is 39.7 Å². The standard InChI is InChI=1S/C16H26N2O2/c1-3-4-13(2)12-20-10-9-16(19)18-15-7-5-14(11-17)6-8-15/h5-8,13H,3-4,9-12,17H2,1-2H3,(H,18,19). The highest BCUT2D eigenvalue weighted by atomic mass is 16.5.